The fraction of sp³-hybridized carbons (Fsp3) is 0.692. The smallest absolute Gasteiger partial charge is 0.0325 e. The SMILES string of the molecule is CCC(=CC/C(C)=C\C(Br)CC)CC. The first-order chi connectivity index (χ1) is 6.63. The third-order valence-electron chi connectivity index (χ3n) is 2.48. The van der Waals surface area contributed by atoms with Crippen molar-refractivity contribution in [2.75, 3.05) is 0 Å². The molecule has 1 heteroatoms. The van der Waals surface area contributed by atoms with E-state index in [2.05, 4.69) is 55.8 Å². The minimum atomic E-state index is 0.544. The number of alkyl halides is 1. The third kappa shape index (κ3) is 6.42. The van der Waals surface area contributed by atoms with Crippen LogP contribution >= 0.6 is 15.9 Å². The molecule has 0 bridgehead atoms. The monoisotopic (exact) mass is 258 g/mol. The van der Waals surface area contributed by atoms with Crippen LogP contribution in [-0.4, -0.2) is 4.83 Å². The molecule has 0 heterocycles. The van der Waals surface area contributed by atoms with Gasteiger partial charge in [0.1, 0.15) is 0 Å². The lowest BCUT2D eigenvalue weighted by atomic mass is 10.1. The zero-order chi connectivity index (χ0) is 11.0. The van der Waals surface area contributed by atoms with Crippen molar-refractivity contribution in [3.8, 4) is 0 Å². The Hall–Kier alpha value is -0.0400. The maximum absolute atomic E-state index is 3.62. The highest BCUT2D eigenvalue weighted by molar-refractivity contribution is 9.09. The van der Waals surface area contributed by atoms with Crippen molar-refractivity contribution in [1.82, 2.24) is 0 Å². The van der Waals surface area contributed by atoms with Gasteiger partial charge in [-0.3, -0.25) is 0 Å². The second-order valence-electron chi connectivity index (χ2n) is 3.71. The van der Waals surface area contributed by atoms with E-state index in [4.69, 9.17) is 0 Å². The molecule has 0 saturated carbocycles. The molecular weight excluding hydrogens is 236 g/mol. The molecule has 0 aliphatic rings. The number of allylic oxidation sites excluding steroid dienone is 4. The molecule has 0 aromatic heterocycles. The molecule has 0 rings (SSSR count). The largest absolute Gasteiger partial charge is 0.0845 e. The molecule has 0 saturated heterocycles. The summed E-state index contributed by atoms with van der Waals surface area (Å²) < 4.78 is 0. The lowest BCUT2D eigenvalue weighted by molar-refractivity contribution is 0.946. The number of hydrogen-bond acceptors (Lipinski definition) is 0. The number of hydrogen-bond donors (Lipinski definition) is 0. The van der Waals surface area contributed by atoms with E-state index in [0.29, 0.717) is 4.83 Å². The van der Waals surface area contributed by atoms with Crippen LogP contribution in [0.25, 0.3) is 0 Å². The maximum Gasteiger partial charge on any atom is 0.0325 e. The van der Waals surface area contributed by atoms with Crippen LogP contribution in [0.5, 0.6) is 0 Å². The Bertz CT molecular complexity index is 195. The first kappa shape index (κ1) is 14.0. The molecule has 0 aliphatic carbocycles. The normalized spacial score (nSPS) is 13.9. The summed E-state index contributed by atoms with van der Waals surface area (Å²) in [6.07, 6.45) is 9.35. The average Bonchev–Trinajstić information content (AvgIpc) is 2.19. The summed E-state index contributed by atoms with van der Waals surface area (Å²) in [5.74, 6) is 0. The van der Waals surface area contributed by atoms with Crippen molar-refractivity contribution < 1.29 is 0 Å². The molecule has 0 radical (unpaired) electrons. The molecular formula is C13H23Br. The predicted octanol–water partition coefficient (Wildman–Crippen LogP) is 5.24. The topological polar surface area (TPSA) is 0 Å². The fourth-order valence-corrected chi connectivity index (χ4v) is 1.79. The summed E-state index contributed by atoms with van der Waals surface area (Å²) in [6, 6.07) is 0. The van der Waals surface area contributed by atoms with E-state index in [1.807, 2.05) is 0 Å². The second kappa shape index (κ2) is 8.28. The van der Waals surface area contributed by atoms with Gasteiger partial charge < -0.3 is 0 Å². The molecule has 0 nitrogen and oxygen atoms in total. The lowest BCUT2D eigenvalue weighted by Gasteiger charge is -2.04. The van der Waals surface area contributed by atoms with Crippen LogP contribution in [0.2, 0.25) is 0 Å². The minimum Gasteiger partial charge on any atom is -0.0845 e. The van der Waals surface area contributed by atoms with Crippen LogP contribution in [0, 0.1) is 0 Å². The molecule has 0 aromatic rings. The summed E-state index contributed by atoms with van der Waals surface area (Å²) in [5, 5.41) is 0. The van der Waals surface area contributed by atoms with E-state index < -0.39 is 0 Å². The number of rotatable bonds is 6. The van der Waals surface area contributed by atoms with Crippen LogP contribution in [0.4, 0.5) is 0 Å². The summed E-state index contributed by atoms with van der Waals surface area (Å²) in [4.78, 5) is 0.544. The predicted molar refractivity (Wildman–Crippen MR) is 70.0 cm³/mol. The van der Waals surface area contributed by atoms with Gasteiger partial charge in [-0.25, -0.2) is 0 Å². The molecule has 0 amide bonds. The molecule has 1 atom stereocenters. The molecule has 1 unspecified atom stereocenters. The molecule has 82 valence electrons. The Balaban J connectivity index is 4.11. The van der Waals surface area contributed by atoms with E-state index in [0.717, 1.165) is 12.8 Å². The summed E-state index contributed by atoms with van der Waals surface area (Å²) in [6.45, 7) is 8.87. The van der Waals surface area contributed by atoms with Crippen LogP contribution < -0.4 is 0 Å². The molecule has 0 aromatic carbocycles. The summed E-state index contributed by atoms with van der Waals surface area (Å²) >= 11 is 3.62. The average molecular weight is 259 g/mol. The zero-order valence-corrected chi connectivity index (χ0v) is 11.5. The molecule has 0 N–H and O–H groups in total. The highest BCUT2D eigenvalue weighted by Crippen LogP contribution is 2.14. The Morgan fingerprint density at radius 1 is 1.21 bits per heavy atom. The van der Waals surface area contributed by atoms with Crippen molar-refractivity contribution in [3.05, 3.63) is 23.3 Å². The fourth-order valence-electron chi connectivity index (χ4n) is 1.34. The van der Waals surface area contributed by atoms with Crippen molar-refractivity contribution >= 4 is 15.9 Å². The third-order valence-corrected chi connectivity index (χ3v) is 3.39. The van der Waals surface area contributed by atoms with E-state index >= 15 is 0 Å². The zero-order valence-electron chi connectivity index (χ0n) is 9.94. The van der Waals surface area contributed by atoms with Gasteiger partial charge in [-0.2, -0.15) is 0 Å². The van der Waals surface area contributed by atoms with Gasteiger partial charge >= 0.3 is 0 Å². The van der Waals surface area contributed by atoms with Crippen LogP contribution in [0.1, 0.15) is 53.4 Å². The first-order valence-corrected chi connectivity index (χ1v) is 6.54. The van der Waals surface area contributed by atoms with Gasteiger partial charge in [0.2, 0.25) is 0 Å². The molecule has 0 aliphatic heterocycles. The lowest BCUT2D eigenvalue weighted by Crippen LogP contribution is -1.90. The first-order valence-electron chi connectivity index (χ1n) is 5.63. The van der Waals surface area contributed by atoms with Gasteiger partial charge in [0, 0.05) is 4.83 Å². The highest BCUT2D eigenvalue weighted by atomic mass is 79.9. The molecule has 14 heavy (non-hydrogen) atoms. The van der Waals surface area contributed by atoms with Gasteiger partial charge in [0.25, 0.3) is 0 Å². The molecule has 0 fully saturated rings. The van der Waals surface area contributed by atoms with Crippen molar-refractivity contribution in [3.63, 3.8) is 0 Å². The highest BCUT2D eigenvalue weighted by Gasteiger charge is 1.96. The van der Waals surface area contributed by atoms with Gasteiger partial charge in [-0.05, 0) is 32.6 Å². The van der Waals surface area contributed by atoms with E-state index in [1.54, 1.807) is 5.57 Å². The van der Waals surface area contributed by atoms with E-state index in [1.165, 1.54) is 18.4 Å². The molecule has 0 spiro atoms. The van der Waals surface area contributed by atoms with Crippen LogP contribution in [-0.2, 0) is 0 Å². The second-order valence-corrected chi connectivity index (χ2v) is 4.89. The van der Waals surface area contributed by atoms with Crippen LogP contribution in [0.3, 0.4) is 0 Å². The van der Waals surface area contributed by atoms with E-state index in [9.17, 15) is 0 Å². The van der Waals surface area contributed by atoms with Crippen molar-refractivity contribution in [1.29, 1.82) is 0 Å². The minimum absolute atomic E-state index is 0.544. The van der Waals surface area contributed by atoms with Gasteiger partial charge in [0.05, 0.1) is 0 Å². The standard InChI is InChI=1S/C13H23Br/c1-5-12(6-2)9-8-11(4)10-13(14)7-3/h9-10,13H,5-8H2,1-4H3/b11-10-. The summed E-state index contributed by atoms with van der Waals surface area (Å²) in [7, 11) is 0. The van der Waals surface area contributed by atoms with Gasteiger partial charge in [-0.1, -0.05) is 60.0 Å². The van der Waals surface area contributed by atoms with Crippen molar-refractivity contribution in [2.24, 2.45) is 0 Å². The Morgan fingerprint density at radius 2 is 1.79 bits per heavy atom. The van der Waals surface area contributed by atoms with Crippen molar-refractivity contribution in [2.45, 2.75) is 58.2 Å². The Kier molecular flexibility index (Phi) is 8.26. The maximum atomic E-state index is 3.62. The van der Waals surface area contributed by atoms with Crippen LogP contribution in [0.15, 0.2) is 23.3 Å². The quantitative estimate of drug-likeness (QED) is 0.452. The Labute approximate surface area is 97.6 Å². The summed E-state index contributed by atoms with van der Waals surface area (Å²) in [5.41, 5.74) is 3.04. The Morgan fingerprint density at radius 3 is 2.21 bits per heavy atom. The van der Waals surface area contributed by atoms with Gasteiger partial charge in [0.15, 0.2) is 0 Å². The van der Waals surface area contributed by atoms with E-state index in [-0.39, 0.29) is 0 Å². The number of halogens is 1. The van der Waals surface area contributed by atoms with Gasteiger partial charge in [-0.15, -0.1) is 0 Å².